The van der Waals surface area contributed by atoms with E-state index in [1.807, 2.05) is 125 Å². The normalized spacial score (nSPS) is 18.4. The SMILES string of the molecule is C1=C(c2cccs2)CC(c2ccc(C3C(c4ccc(-c5ccc(-c6cccs6)s5)s4)C(c4ccc(-c5ccc(-c6cccs6)s5)s4)C3c3ccc(-c4ccc(-c5cccs5)s4)s3)s2)=C1. The molecule has 312 valence electrons. The van der Waals surface area contributed by atoms with Crippen molar-refractivity contribution in [3.05, 3.63) is 196 Å². The molecular formula is C53H34S11. The summed E-state index contributed by atoms with van der Waals surface area (Å²) in [6.45, 7) is 0. The summed E-state index contributed by atoms with van der Waals surface area (Å²) >= 11 is 21.2. The van der Waals surface area contributed by atoms with Crippen LogP contribution in [0.4, 0.5) is 0 Å². The summed E-state index contributed by atoms with van der Waals surface area (Å²) in [6.07, 6.45) is 5.72. The van der Waals surface area contributed by atoms with E-state index in [9.17, 15) is 0 Å². The predicted octanol–water partition coefficient (Wildman–Crippen LogP) is 20.7. The Morgan fingerprint density at radius 3 is 0.859 bits per heavy atom. The molecule has 13 rings (SSSR count). The highest BCUT2D eigenvalue weighted by Gasteiger charge is 2.55. The van der Waals surface area contributed by atoms with Crippen molar-refractivity contribution in [3.63, 3.8) is 0 Å². The first-order valence-corrected chi connectivity index (χ1v) is 30.2. The fourth-order valence-electron chi connectivity index (χ4n) is 9.25. The Bertz CT molecular complexity index is 3270. The molecule has 64 heavy (non-hydrogen) atoms. The van der Waals surface area contributed by atoms with Gasteiger partial charge in [0, 0.05) is 118 Å². The lowest BCUT2D eigenvalue weighted by molar-refractivity contribution is 0.243. The number of hydrogen-bond acceptors (Lipinski definition) is 11. The molecule has 0 N–H and O–H groups in total. The van der Waals surface area contributed by atoms with Gasteiger partial charge >= 0.3 is 0 Å². The second-order valence-corrected chi connectivity index (χ2v) is 27.4. The lowest BCUT2D eigenvalue weighted by Gasteiger charge is -2.51. The maximum Gasteiger partial charge on any atom is 0.0449 e. The van der Waals surface area contributed by atoms with Crippen LogP contribution in [-0.2, 0) is 0 Å². The van der Waals surface area contributed by atoms with Crippen LogP contribution in [0.3, 0.4) is 0 Å². The Morgan fingerprint density at radius 1 is 0.250 bits per heavy atom. The second-order valence-electron chi connectivity index (χ2n) is 15.9. The highest BCUT2D eigenvalue weighted by molar-refractivity contribution is 7.28. The minimum absolute atomic E-state index is 0.358. The van der Waals surface area contributed by atoms with Crippen LogP contribution in [-0.4, -0.2) is 0 Å². The van der Waals surface area contributed by atoms with E-state index in [0.717, 1.165) is 6.42 Å². The average Bonchev–Trinajstić information content (AvgIpc) is 4.14. The van der Waals surface area contributed by atoms with Crippen LogP contribution in [0.25, 0.3) is 69.7 Å². The number of rotatable bonds is 12. The van der Waals surface area contributed by atoms with Crippen molar-refractivity contribution < 1.29 is 0 Å². The Morgan fingerprint density at radius 2 is 0.516 bits per heavy atom. The summed E-state index contributed by atoms with van der Waals surface area (Å²) in [5, 5.41) is 8.73. The molecule has 0 saturated heterocycles. The first-order valence-electron chi connectivity index (χ1n) is 20.9. The monoisotopic (exact) mass is 1020 g/mol. The fourth-order valence-corrected chi connectivity index (χ4v) is 20.6. The van der Waals surface area contributed by atoms with E-state index in [-0.39, 0.29) is 0 Å². The molecule has 2 aliphatic carbocycles. The molecule has 0 aromatic carbocycles. The van der Waals surface area contributed by atoms with Crippen molar-refractivity contribution in [3.8, 4) is 58.5 Å². The van der Waals surface area contributed by atoms with Gasteiger partial charge in [0.25, 0.3) is 0 Å². The number of thiophene rings is 11. The standard InChI is InChI=1S/C53H34S11/c1-5-32(54-25-1)30-9-10-31(29-30)33-11-21-46(58-33)50-51(47-22-18-43(62-47)40-15-12-37(59-40)34-6-2-26-55-34)53(49-24-20-45(64-49)42-17-14-39(61-42)36-8-4-28-57-36)52(50)48-23-19-44(63-48)41-16-13-38(60-41)35-7-3-27-56-35/h1-28,50-53H,29H2. The molecule has 0 spiro atoms. The molecule has 0 radical (unpaired) electrons. The third-order valence-corrected chi connectivity index (χ3v) is 25.0. The van der Waals surface area contributed by atoms with E-state index in [0.29, 0.717) is 23.7 Å². The summed E-state index contributed by atoms with van der Waals surface area (Å²) in [6, 6.07) is 51.2. The minimum Gasteiger partial charge on any atom is -0.144 e. The summed E-state index contributed by atoms with van der Waals surface area (Å²) in [7, 11) is 0. The summed E-state index contributed by atoms with van der Waals surface area (Å²) < 4.78 is 0. The van der Waals surface area contributed by atoms with E-state index in [1.165, 1.54) is 98.9 Å². The molecule has 11 heteroatoms. The van der Waals surface area contributed by atoms with Gasteiger partial charge < -0.3 is 0 Å². The third kappa shape index (κ3) is 7.41. The molecule has 2 atom stereocenters. The van der Waals surface area contributed by atoms with Gasteiger partial charge in [0.2, 0.25) is 0 Å². The lowest BCUT2D eigenvalue weighted by Crippen LogP contribution is -2.38. The molecular weight excluding hydrogens is 989 g/mol. The highest BCUT2D eigenvalue weighted by Crippen LogP contribution is 2.70. The van der Waals surface area contributed by atoms with Crippen LogP contribution < -0.4 is 0 Å². The summed E-state index contributed by atoms with van der Waals surface area (Å²) in [4.78, 5) is 25.2. The van der Waals surface area contributed by atoms with Crippen molar-refractivity contribution in [1.29, 1.82) is 0 Å². The predicted molar refractivity (Wildman–Crippen MR) is 293 cm³/mol. The van der Waals surface area contributed by atoms with Gasteiger partial charge in [-0.15, -0.1) is 125 Å². The van der Waals surface area contributed by atoms with Gasteiger partial charge in [-0.3, -0.25) is 0 Å². The molecule has 11 aromatic rings. The van der Waals surface area contributed by atoms with Gasteiger partial charge in [0.1, 0.15) is 0 Å². The molecule has 2 unspecified atom stereocenters. The summed E-state index contributed by atoms with van der Waals surface area (Å²) in [5.74, 6) is 1.44. The number of allylic oxidation sites excluding steroid dienone is 4. The van der Waals surface area contributed by atoms with E-state index < -0.39 is 0 Å². The van der Waals surface area contributed by atoms with Crippen LogP contribution in [0.2, 0.25) is 0 Å². The van der Waals surface area contributed by atoms with Crippen molar-refractivity contribution >= 4 is 136 Å². The van der Waals surface area contributed by atoms with E-state index in [4.69, 9.17) is 0 Å². The maximum absolute atomic E-state index is 2.49. The molecule has 11 heterocycles. The van der Waals surface area contributed by atoms with Crippen molar-refractivity contribution in [1.82, 2.24) is 0 Å². The zero-order valence-corrected chi connectivity index (χ0v) is 42.7. The molecule has 2 aliphatic rings. The first kappa shape index (κ1) is 40.5. The maximum atomic E-state index is 2.49. The van der Waals surface area contributed by atoms with Gasteiger partial charge in [-0.05, 0) is 142 Å². The Labute approximate surface area is 416 Å². The van der Waals surface area contributed by atoms with Crippen LogP contribution in [0.1, 0.15) is 59.4 Å². The highest BCUT2D eigenvalue weighted by atomic mass is 32.1. The van der Waals surface area contributed by atoms with Gasteiger partial charge in [-0.1, -0.05) is 36.4 Å². The van der Waals surface area contributed by atoms with Crippen molar-refractivity contribution in [2.45, 2.75) is 30.1 Å². The van der Waals surface area contributed by atoms with E-state index >= 15 is 0 Å². The minimum atomic E-state index is 0.358. The third-order valence-electron chi connectivity index (χ3n) is 12.2. The zero-order chi connectivity index (χ0) is 42.1. The van der Waals surface area contributed by atoms with Crippen LogP contribution >= 0.6 is 125 Å². The number of hydrogen-bond donors (Lipinski definition) is 0. The quantitative estimate of drug-likeness (QED) is 0.114. The Balaban J connectivity index is 0.906. The topological polar surface area (TPSA) is 0 Å². The van der Waals surface area contributed by atoms with Gasteiger partial charge in [-0.2, -0.15) is 0 Å². The molecule has 1 saturated carbocycles. The van der Waals surface area contributed by atoms with Gasteiger partial charge in [-0.25, -0.2) is 0 Å². The zero-order valence-electron chi connectivity index (χ0n) is 33.7. The van der Waals surface area contributed by atoms with Crippen LogP contribution in [0.15, 0.2) is 167 Å². The Kier molecular flexibility index (Phi) is 10.8. The molecule has 11 aromatic heterocycles. The molecule has 1 fully saturated rings. The van der Waals surface area contributed by atoms with E-state index in [2.05, 4.69) is 167 Å². The van der Waals surface area contributed by atoms with Crippen molar-refractivity contribution in [2.24, 2.45) is 0 Å². The summed E-state index contributed by atoms with van der Waals surface area (Å²) in [5.41, 5.74) is 2.88. The van der Waals surface area contributed by atoms with Crippen LogP contribution in [0.5, 0.6) is 0 Å². The van der Waals surface area contributed by atoms with E-state index in [1.54, 1.807) is 0 Å². The van der Waals surface area contributed by atoms with Crippen LogP contribution in [0, 0.1) is 0 Å². The second kappa shape index (κ2) is 17.1. The van der Waals surface area contributed by atoms with Crippen molar-refractivity contribution in [2.75, 3.05) is 0 Å². The molecule has 0 nitrogen and oxygen atoms in total. The largest absolute Gasteiger partial charge is 0.144 e. The fraction of sp³-hybridized carbons (Fsp3) is 0.0943. The average molecular weight is 1020 g/mol. The van der Waals surface area contributed by atoms with Gasteiger partial charge in [0.05, 0.1) is 0 Å². The Hall–Kier alpha value is -3.82. The molecule has 0 amide bonds. The lowest BCUT2D eigenvalue weighted by atomic mass is 9.54. The van der Waals surface area contributed by atoms with Gasteiger partial charge in [0.15, 0.2) is 0 Å². The molecule has 0 bridgehead atoms. The smallest absolute Gasteiger partial charge is 0.0449 e. The molecule has 0 aliphatic heterocycles. The first-order chi connectivity index (χ1) is 31.7.